The second-order valence-corrected chi connectivity index (χ2v) is 22.5. The topological polar surface area (TPSA) is 603 Å². The number of guanidine groups is 2. The number of hydrogen-bond acceptors (Lipinski definition) is 26. The monoisotopic (exact) mass is 1250 g/mol. The number of primary amides is 1. The van der Waals surface area contributed by atoms with Crippen molar-refractivity contribution in [1.29, 1.82) is 0 Å². The summed E-state index contributed by atoms with van der Waals surface area (Å²) in [7, 11) is 1.44. The van der Waals surface area contributed by atoms with Gasteiger partial charge in [0.1, 0.15) is 89.4 Å². The second kappa shape index (κ2) is 26.0. The minimum Gasteiger partial charge on any atom is -0.508 e. The van der Waals surface area contributed by atoms with Crippen LogP contribution in [-0.2, 0) is 38.9 Å². The van der Waals surface area contributed by atoms with Gasteiger partial charge in [-0.05, 0) is 57.1 Å². The fourth-order valence-corrected chi connectivity index (χ4v) is 12.4. The van der Waals surface area contributed by atoms with Crippen LogP contribution in [0.3, 0.4) is 0 Å². The number of nitrogens with zero attached hydrogens (tertiary/aromatic N) is 3. The zero-order valence-corrected chi connectivity index (χ0v) is 47.5. The number of aromatic hydroxyl groups is 1. The number of rotatable bonds is 19. The maximum absolute atomic E-state index is 14.3. The van der Waals surface area contributed by atoms with Crippen LogP contribution in [0.4, 0.5) is 21.0 Å². The fraction of sp³-hybridized carbons (Fsp3) is 0.566. The molecule has 35 nitrogen and oxygen atoms in total. The van der Waals surface area contributed by atoms with E-state index in [4.69, 9.17) is 47.6 Å². The van der Waals surface area contributed by atoms with Crippen LogP contribution in [0.25, 0.3) is 5.76 Å². The van der Waals surface area contributed by atoms with E-state index in [1.807, 2.05) is 0 Å². The number of Topliss-reactive ketones (excluding diaryl/α,β-unsaturated/α-hetero) is 2. The van der Waals surface area contributed by atoms with Crippen LogP contribution >= 0.6 is 0 Å². The number of nitrogens with two attached hydrogens (primary N) is 5. The predicted molar refractivity (Wildman–Crippen MR) is 302 cm³/mol. The molecule has 0 aromatic heterocycles. The zero-order valence-electron chi connectivity index (χ0n) is 47.5. The summed E-state index contributed by atoms with van der Waals surface area (Å²) in [5.41, 5.74) is 18.8. The van der Waals surface area contributed by atoms with E-state index in [-0.39, 0.29) is 48.7 Å². The molecule has 0 radical (unpaired) electrons. The lowest BCUT2D eigenvalue weighted by molar-refractivity contribution is -0.327. The number of fused-ring (bicyclic) bond motifs is 3. The van der Waals surface area contributed by atoms with Crippen molar-refractivity contribution >= 4 is 58.6 Å². The van der Waals surface area contributed by atoms with Crippen molar-refractivity contribution < 1.29 is 109 Å². The van der Waals surface area contributed by atoms with Gasteiger partial charge in [-0.2, -0.15) is 0 Å². The maximum Gasteiger partial charge on any atom is 0.319 e. The van der Waals surface area contributed by atoms with Crippen molar-refractivity contribution in [1.82, 2.24) is 20.9 Å². The van der Waals surface area contributed by atoms with Crippen molar-refractivity contribution in [3.63, 3.8) is 0 Å². The molecule has 0 bridgehead atoms. The highest BCUT2D eigenvalue weighted by molar-refractivity contribution is 6.24. The van der Waals surface area contributed by atoms with Crippen LogP contribution < -0.4 is 55.3 Å². The summed E-state index contributed by atoms with van der Waals surface area (Å²) in [5.74, 6) is -10.6. The van der Waals surface area contributed by atoms with Gasteiger partial charge in [0.2, 0.25) is 5.78 Å². The first-order valence-electron chi connectivity index (χ1n) is 27.7. The number of benzene rings is 2. The summed E-state index contributed by atoms with van der Waals surface area (Å²) in [4.78, 5) is 76.2. The third-order valence-corrected chi connectivity index (χ3v) is 17.0. The summed E-state index contributed by atoms with van der Waals surface area (Å²) in [5, 5.41) is 159. The highest BCUT2D eigenvalue weighted by Gasteiger charge is 2.67. The van der Waals surface area contributed by atoms with Crippen LogP contribution in [0.15, 0.2) is 69.4 Å². The van der Waals surface area contributed by atoms with Gasteiger partial charge in [0.05, 0.1) is 42.6 Å². The van der Waals surface area contributed by atoms with Crippen molar-refractivity contribution in [3.8, 4) is 5.75 Å². The quantitative estimate of drug-likeness (QED) is 0.0269. The molecule has 28 N–H and O–H groups in total. The summed E-state index contributed by atoms with van der Waals surface area (Å²) in [6.07, 6.45) is -19.6. The van der Waals surface area contributed by atoms with Gasteiger partial charge >= 0.3 is 12.1 Å². The minimum absolute atomic E-state index is 0.0333. The van der Waals surface area contributed by atoms with Gasteiger partial charge in [-0.3, -0.25) is 19.3 Å². The number of aliphatic hydroxyl groups excluding tert-OH is 9. The van der Waals surface area contributed by atoms with Gasteiger partial charge in [-0.1, -0.05) is 18.2 Å². The number of ether oxygens (including phenoxy) is 4. The Balaban J connectivity index is 0.875. The minimum atomic E-state index is -3.03. The first-order valence-corrected chi connectivity index (χ1v) is 27.7. The number of likely N-dealkylation sites (N-methyl/N-ethyl adjacent to an activating group) is 1. The highest BCUT2D eigenvalue weighted by atomic mass is 16.8. The first-order chi connectivity index (χ1) is 41.3. The lowest BCUT2D eigenvalue weighted by Crippen LogP contribution is -2.67. The molecule has 6 aliphatic rings. The van der Waals surface area contributed by atoms with Gasteiger partial charge in [0.15, 0.2) is 35.9 Å². The summed E-state index contributed by atoms with van der Waals surface area (Å²) < 4.78 is 24.1. The highest BCUT2D eigenvalue weighted by Crippen LogP contribution is 2.57. The first kappa shape index (κ1) is 66.5. The van der Waals surface area contributed by atoms with E-state index in [2.05, 4.69) is 36.6 Å². The Bertz CT molecular complexity index is 3130. The molecular weight excluding hydrogens is 1170 g/mol. The molecule has 2 heterocycles. The number of carbonyl (C=O) groups excluding carboxylic acids is 5. The number of nitrogens with one attached hydrogen (secondary N) is 5. The molecular formula is C53H75N13O22. The van der Waals surface area contributed by atoms with Gasteiger partial charge in [-0.15, -0.1) is 0 Å². The van der Waals surface area contributed by atoms with E-state index in [0.717, 1.165) is 0 Å². The van der Waals surface area contributed by atoms with Gasteiger partial charge in [0, 0.05) is 55.0 Å². The number of aliphatic imine (C=N–C) groups is 2. The lowest BCUT2D eigenvalue weighted by Gasteiger charge is -2.52. The molecule has 2 aromatic rings. The number of amides is 5. The Morgan fingerprint density at radius 1 is 0.773 bits per heavy atom. The Morgan fingerprint density at radius 3 is 1.99 bits per heavy atom. The summed E-state index contributed by atoms with van der Waals surface area (Å²) in [6.45, 7) is -0.0731. The molecule has 88 heavy (non-hydrogen) atoms. The number of anilines is 2. The standard InChI is InChI=1S/C53H75N13O22/c1-18-52(83,17-68)43(46(85-18)87-40-31(65-48(57)58)36(73)30(64-47(55)56)37(74)39(40)76)88-45-32(38(75)33(70)25(16-67)86-45)66(3)13-12-61-50(81)63-20-7-4-6-19(14-20)62-49(80)60-11-10-59-29-23-15-22-27(34(71)26-21(51(22,2)82)8-5-9-24(26)69)41(77)53(23,84)42(78)28(35(29)72)44(54)79/h4-9,14,18,22-23,25,29-33,36-40,43,45-46,59,67-71,73-76,78,82-84H,10-13,15-17H2,1-3H3,(H2,54,79)(H4,55,56,64)(H4,57,58,65)(H2,60,62,80)(H2,61,63,81)/t18-,22+,23+,25?,29?,30?,31+,32?,33+,36?,37-,38-,39?,40+,43?,45+,46+,51-,52+,53+/m1/s1. The van der Waals surface area contributed by atoms with E-state index in [1.54, 1.807) is 0 Å². The third-order valence-electron chi connectivity index (χ3n) is 17.0. The van der Waals surface area contributed by atoms with E-state index >= 15 is 0 Å². The molecule has 4 fully saturated rings. The Morgan fingerprint density at radius 2 is 1.39 bits per heavy atom. The number of hydrogen-bond donors (Lipinski definition) is 23. The number of phenolic OH excluding ortho intramolecular Hbond substituents is 1. The lowest BCUT2D eigenvalue weighted by atomic mass is 9.54. The Hall–Kier alpha value is -7.43. The normalized spacial score (nSPS) is 36.2. The molecule has 5 amide bonds. The van der Waals surface area contributed by atoms with Crippen LogP contribution in [-0.4, -0.2) is 262 Å². The SMILES string of the molecule is C[C@H]1O[C@@H](O[C@@H]2C(O)[C@H](O)C(N=C(N)N)C(O)[C@@H]2N=C(N)N)C(O[C@@H]2OC(CO)[C@H](O)[C@H](O)C2N(C)CCNC(=O)Nc2cccc(NC(=O)NCCNC3C(=O)C(C(N)=O)=C(O)[C@@]4(O)C(=O)C5=C(O)c6c(O)cccc6[C@@](C)(O)[C@H]5C[C@@H]34)c2)[C@]1(O)CO. The molecule has 2 aromatic carbocycles. The third kappa shape index (κ3) is 12.2. The van der Waals surface area contributed by atoms with Crippen LogP contribution in [0.1, 0.15) is 31.4 Å². The van der Waals surface area contributed by atoms with E-state index < -0.39 is 210 Å². The van der Waals surface area contributed by atoms with E-state index in [9.17, 15) is 90.4 Å². The second-order valence-electron chi connectivity index (χ2n) is 22.5. The number of urea groups is 2. The number of carbonyl (C=O) groups is 5. The molecule has 8 rings (SSSR count). The maximum atomic E-state index is 14.3. The van der Waals surface area contributed by atoms with Gasteiger partial charge in [-0.25, -0.2) is 19.6 Å². The van der Waals surface area contributed by atoms with Crippen molar-refractivity contribution in [3.05, 3.63) is 70.5 Å². The summed E-state index contributed by atoms with van der Waals surface area (Å²) >= 11 is 0. The number of aliphatic hydroxyl groups is 12. The zero-order chi connectivity index (χ0) is 64.8. The fourth-order valence-electron chi connectivity index (χ4n) is 12.4. The molecule has 7 unspecified atom stereocenters. The van der Waals surface area contributed by atoms with Crippen LogP contribution in [0.2, 0.25) is 0 Å². The van der Waals surface area contributed by atoms with Gasteiger partial charge < -0.3 is 141 Å². The Kier molecular flexibility index (Phi) is 19.6. The van der Waals surface area contributed by atoms with E-state index in [1.165, 1.54) is 68.3 Å². The molecule has 2 saturated carbocycles. The smallest absolute Gasteiger partial charge is 0.319 e. The Labute approximate surface area is 500 Å². The van der Waals surface area contributed by atoms with Gasteiger partial charge in [0.25, 0.3) is 5.91 Å². The largest absolute Gasteiger partial charge is 0.508 e. The molecule has 484 valence electrons. The molecule has 4 aliphatic carbocycles. The summed E-state index contributed by atoms with van der Waals surface area (Å²) in [6, 6.07) is 2.08. The number of ketones is 2. The van der Waals surface area contributed by atoms with Crippen LogP contribution in [0, 0.1) is 11.8 Å². The van der Waals surface area contributed by atoms with Crippen molar-refractivity contribution in [2.75, 3.05) is 57.1 Å². The van der Waals surface area contributed by atoms with Crippen LogP contribution in [0.5, 0.6) is 5.75 Å². The molecule has 35 heteroatoms. The van der Waals surface area contributed by atoms with Crippen molar-refractivity contribution in [2.24, 2.45) is 50.5 Å². The average Bonchev–Trinajstić information content (AvgIpc) is 0.865. The molecule has 0 spiro atoms. The van der Waals surface area contributed by atoms with E-state index in [0.29, 0.717) is 0 Å². The number of phenols is 1. The van der Waals surface area contributed by atoms with Crippen molar-refractivity contribution in [2.45, 2.75) is 129 Å². The predicted octanol–water partition coefficient (Wildman–Crippen LogP) is -8.04. The molecule has 20 atom stereocenters. The molecule has 2 aliphatic heterocycles. The molecule has 2 saturated heterocycles. The average molecular weight is 1250 g/mol.